The maximum atomic E-state index is 11.1. The highest BCUT2D eigenvalue weighted by Crippen LogP contribution is 2.23. The van der Waals surface area contributed by atoms with Crippen molar-refractivity contribution in [3.05, 3.63) is 0 Å². The van der Waals surface area contributed by atoms with Gasteiger partial charge in [-0.25, -0.2) is 4.79 Å². The molecule has 1 fully saturated rings. The van der Waals surface area contributed by atoms with E-state index in [1.165, 1.54) is 13.8 Å². The lowest BCUT2D eigenvalue weighted by molar-refractivity contribution is -0.267. The van der Waals surface area contributed by atoms with Crippen molar-refractivity contribution in [2.24, 2.45) is 0 Å². The van der Waals surface area contributed by atoms with E-state index < -0.39 is 55.2 Å². The van der Waals surface area contributed by atoms with Crippen LogP contribution in [0, 0.1) is 0 Å². The first kappa shape index (κ1) is 16.8. The summed E-state index contributed by atoms with van der Waals surface area (Å²) in [4.78, 5) is 21.9. The number of amides is 1. The highest BCUT2D eigenvalue weighted by atomic mass is 16.6. The van der Waals surface area contributed by atoms with Crippen molar-refractivity contribution in [1.29, 1.82) is 0 Å². The fourth-order valence-electron chi connectivity index (χ4n) is 1.93. The van der Waals surface area contributed by atoms with E-state index in [2.05, 4.69) is 5.32 Å². The Morgan fingerprint density at radius 2 is 2.00 bits per heavy atom. The molecular weight excluding hydrogens is 274 g/mol. The molecule has 1 aliphatic heterocycles. The smallest absolute Gasteiger partial charge is 0.332 e. The molecule has 0 saturated carbocycles. The van der Waals surface area contributed by atoms with Gasteiger partial charge in [0.2, 0.25) is 5.91 Å². The Hall–Kier alpha value is -1.26. The highest BCUT2D eigenvalue weighted by molar-refractivity contribution is 5.73. The summed E-state index contributed by atoms with van der Waals surface area (Å²) >= 11 is 0. The van der Waals surface area contributed by atoms with E-state index in [-0.39, 0.29) is 0 Å². The molecule has 9 nitrogen and oxygen atoms in total. The number of ether oxygens (including phenoxy) is 2. The Bertz CT molecular complexity index is 362. The van der Waals surface area contributed by atoms with Gasteiger partial charge in [0, 0.05) is 6.92 Å². The second-order valence-electron chi connectivity index (χ2n) is 4.55. The minimum Gasteiger partial charge on any atom is -0.479 e. The van der Waals surface area contributed by atoms with E-state index in [9.17, 15) is 19.8 Å². The zero-order chi connectivity index (χ0) is 15.4. The topological polar surface area (TPSA) is 146 Å². The Morgan fingerprint density at radius 1 is 1.40 bits per heavy atom. The molecule has 0 aromatic heterocycles. The number of aliphatic hydroxyl groups is 3. The summed E-state index contributed by atoms with van der Waals surface area (Å²) in [6.45, 7) is 1.84. The normalized spacial score (nSPS) is 35.4. The van der Waals surface area contributed by atoms with Crippen LogP contribution in [0.3, 0.4) is 0 Å². The Balaban J connectivity index is 2.92. The molecule has 20 heavy (non-hydrogen) atoms. The molecule has 0 aromatic rings. The second kappa shape index (κ2) is 6.95. The van der Waals surface area contributed by atoms with Crippen molar-refractivity contribution < 1.29 is 39.5 Å². The number of hydrogen-bond acceptors (Lipinski definition) is 7. The number of rotatable bonds is 5. The van der Waals surface area contributed by atoms with E-state index in [4.69, 9.17) is 19.7 Å². The molecule has 0 aromatic carbocycles. The van der Waals surface area contributed by atoms with E-state index in [0.29, 0.717) is 0 Å². The van der Waals surface area contributed by atoms with Crippen LogP contribution in [0.2, 0.25) is 0 Å². The molecular formula is C11H19NO8. The molecule has 0 spiro atoms. The number of carbonyl (C=O) groups excluding carboxylic acids is 1. The maximum Gasteiger partial charge on any atom is 0.332 e. The molecule has 116 valence electrons. The van der Waals surface area contributed by atoms with Gasteiger partial charge in [-0.2, -0.15) is 0 Å². The van der Waals surface area contributed by atoms with Gasteiger partial charge < -0.3 is 35.2 Å². The van der Waals surface area contributed by atoms with Crippen molar-refractivity contribution in [2.75, 3.05) is 6.61 Å². The van der Waals surface area contributed by atoms with Crippen molar-refractivity contribution in [2.45, 2.75) is 50.6 Å². The number of nitrogens with one attached hydrogen (secondary N) is 1. The quantitative estimate of drug-likeness (QED) is 0.371. The van der Waals surface area contributed by atoms with Gasteiger partial charge in [0.15, 0.2) is 12.4 Å². The predicted octanol–water partition coefficient (Wildman–Crippen LogP) is -2.58. The fraction of sp³-hybridized carbons (Fsp3) is 0.818. The van der Waals surface area contributed by atoms with Gasteiger partial charge in [0.05, 0.1) is 6.61 Å². The van der Waals surface area contributed by atoms with Crippen molar-refractivity contribution in [3.8, 4) is 0 Å². The van der Waals surface area contributed by atoms with Gasteiger partial charge in [-0.3, -0.25) is 4.79 Å². The molecule has 6 atom stereocenters. The minimum atomic E-state index is -1.54. The first-order valence-corrected chi connectivity index (χ1v) is 6.05. The van der Waals surface area contributed by atoms with Crippen LogP contribution < -0.4 is 5.32 Å². The first-order chi connectivity index (χ1) is 9.27. The molecule has 1 aliphatic rings. The van der Waals surface area contributed by atoms with Crippen LogP contribution in [0.15, 0.2) is 0 Å². The van der Waals surface area contributed by atoms with Gasteiger partial charge in [-0.05, 0) is 6.92 Å². The zero-order valence-electron chi connectivity index (χ0n) is 11.1. The van der Waals surface area contributed by atoms with Crippen LogP contribution in [0.5, 0.6) is 0 Å². The zero-order valence-corrected chi connectivity index (χ0v) is 11.1. The van der Waals surface area contributed by atoms with Gasteiger partial charge in [0.1, 0.15) is 24.4 Å². The van der Waals surface area contributed by atoms with Gasteiger partial charge in [-0.1, -0.05) is 0 Å². The van der Waals surface area contributed by atoms with E-state index in [0.717, 1.165) is 0 Å². The minimum absolute atomic E-state index is 0.510. The lowest BCUT2D eigenvalue weighted by Gasteiger charge is -2.42. The average Bonchev–Trinajstić information content (AvgIpc) is 2.36. The molecule has 5 N–H and O–H groups in total. The van der Waals surface area contributed by atoms with Gasteiger partial charge in [0.25, 0.3) is 0 Å². The Labute approximate surface area is 115 Å². The molecule has 9 heteroatoms. The Morgan fingerprint density at radius 3 is 2.45 bits per heavy atom. The van der Waals surface area contributed by atoms with Crippen LogP contribution in [0.25, 0.3) is 0 Å². The summed E-state index contributed by atoms with van der Waals surface area (Å²) in [7, 11) is 0. The van der Waals surface area contributed by atoms with Crippen LogP contribution in [0.4, 0.5) is 0 Å². The number of aliphatic carboxylic acids is 1. The predicted molar refractivity (Wildman–Crippen MR) is 63.5 cm³/mol. The second-order valence-corrected chi connectivity index (χ2v) is 4.55. The first-order valence-electron chi connectivity index (χ1n) is 6.05. The largest absolute Gasteiger partial charge is 0.479 e. The van der Waals surface area contributed by atoms with E-state index in [1.54, 1.807) is 0 Å². The number of carboxylic acid groups (broad SMARTS) is 1. The monoisotopic (exact) mass is 293 g/mol. The molecule has 0 bridgehead atoms. The Kier molecular flexibility index (Phi) is 5.84. The average molecular weight is 293 g/mol. The SMILES string of the molecule is CC(=O)N[C@H]1[C@@H](O[C@H](C)C(=O)O)[C@H](O)C(CO)O[C@@H]1O. The third-order valence-electron chi connectivity index (χ3n) is 2.95. The number of aliphatic hydroxyl groups excluding tert-OH is 3. The van der Waals surface area contributed by atoms with Crippen molar-refractivity contribution >= 4 is 11.9 Å². The summed E-state index contributed by atoms with van der Waals surface area (Å²) < 4.78 is 10.1. The summed E-state index contributed by atoms with van der Waals surface area (Å²) in [5.41, 5.74) is 0. The third-order valence-corrected chi connectivity index (χ3v) is 2.95. The molecule has 1 amide bonds. The summed E-state index contributed by atoms with van der Waals surface area (Å²) in [6, 6.07) is -1.15. The molecule has 0 aliphatic carbocycles. The number of carbonyl (C=O) groups is 2. The van der Waals surface area contributed by atoms with Gasteiger partial charge in [-0.15, -0.1) is 0 Å². The summed E-state index contributed by atoms with van der Waals surface area (Å²) in [6.07, 6.45) is -6.57. The lowest BCUT2D eigenvalue weighted by atomic mass is 9.96. The number of carboxylic acids is 1. The van der Waals surface area contributed by atoms with Crippen LogP contribution >= 0.6 is 0 Å². The summed E-state index contributed by atoms with van der Waals surface area (Å²) in [5.74, 6) is -1.77. The molecule has 1 unspecified atom stereocenters. The molecule has 1 rings (SSSR count). The van der Waals surface area contributed by atoms with Crippen LogP contribution in [-0.4, -0.2) is 75.7 Å². The highest BCUT2D eigenvalue weighted by Gasteiger charge is 2.46. The molecule has 1 saturated heterocycles. The van der Waals surface area contributed by atoms with Crippen molar-refractivity contribution in [1.82, 2.24) is 5.32 Å². The van der Waals surface area contributed by atoms with Crippen LogP contribution in [-0.2, 0) is 19.1 Å². The van der Waals surface area contributed by atoms with Gasteiger partial charge >= 0.3 is 5.97 Å². The lowest BCUT2D eigenvalue weighted by Crippen LogP contribution is -2.65. The number of hydrogen-bond donors (Lipinski definition) is 5. The maximum absolute atomic E-state index is 11.1. The molecule has 1 heterocycles. The fourth-order valence-corrected chi connectivity index (χ4v) is 1.93. The summed E-state index contributed by atoms with van der Waals surface area (Å²) in [5, 5.41) is 40.0. The third kappa shape index (κ3) is 3.87. The van der Waals surface area contributed by atoms with Crippen molar-refractivity contribution in [3.63, 3.8) is 0 Å². The molecule has 0 radical (unpaired) electrons. The van der Waals surface area contributed by atoms with E-state index in [1.807, 2.05) is 0 Å². The van der Waals surface area contributed by atoms with E-state index >= 15 is 0 Å². The van der Waals surface area contributed by atoms with Crippen LogP contribution in [0.1, 0.15) is 13.8 Å². The standard InChI is InChI=1S/C11H19NO8/c1-4(10(16)17)19-9-7(12-5(2)14)11(18)20-6(3-13)8(9)15/h4,6-9,11,13,15,18H,3H2,1-2H3,(H,12,14)(H,16,17)/t4-,6?,7+,8-,9-,11+/m1/s1.